The Bertz CT molecular complexity index is 331. The maximum Gasteiger partial charge on any atom is 0.191 e. The summed E-state index contributed by atoms with van der Waals surface area (Å²) in [6.45, 7) is 9.88. The number of ether oxygens (including phenoxy) is 6. The van der Waals surface area contributed by atoms with Crippen LogP contribution in [0.4, 0.5) is 0 Å². The van der Waals surface area contributed by atoms with Gasteiger partial charge < -0.3 is 38.6 Å². The molecule has 0 aliphatic heterocycles. The van der Waals surface area contributed by atoms with E-state index >= 15 is 0 Å². The summed E-state index contributed by atoms with van der Waals surface area (Å²) < 4.78 is 33.4. The van der Waals surface area contributed by atoms with Crippen molar-refractivity contribution in [3.05, 3.63) is 0 Å². The number of hydrogen-bond donors (Lipinski definition) is 2. The Balaban J connectivity index is 4.47. The predicted molar refractivity (Wildman–Crippen MR) is 106 cm³/mol. The van der Waals surface area contributed by atoms with Crippen molar-refractivity contribution >= 4 is 0 Å². The van der Waals surface area contributed by atoms with Gasteiger partial charge in [0.1, 0.15) is 13.2 Å². The summed E-state index contributed by atoms with van der Waals surface area (Å²) in [6, 6.07) is 0. The first-order chi connectivity index (χ1) is 13.5. The molecule has 0 amide bonds. The van der Waals surface area contributed by atoms with Gasteiger partial charge in [-0.05, 0) is 26.7 Å². The fraction of sp³-hybridized carbons (Fsp3) is 1.00. The van der Waals surface area contributed by atoms with Gasteiger partial charge in [0, 0.05) is 39.5 Å². The number of hydrogen-bond acceptors (Lipinski definition) is 8. The van der Waals surface area contributed by atoms with E-state index in [1.54, 1.807) is 0 Å². The highest BCUT2D eigenvalue weighted by molar-refractivity contribution is 4.67. The quantitative estimate of drug-likeness (QED) is 0.220. The van der Waals surface area contributed by atoms with Crippen molar-refractivity contribution in [2.24, 2.45) is 0 Å². The molecule has 170 valence electrons. The van der Waals surface area contributed by atoms with E-state index in [1.807, 2.05) is 13.8 Å². The minimum Gasteiger partial charge on any atom is -0.396 e. The van der Waals surface area contributed by atoms with E-state index in [0.29, 0.717) is 26.4 Å². The first kappa shape index (κ1) is 27.7. The average Bonchev–Trinajstić information content (AvgIpc) is 2.67. The van der Waals surface area contributed by atoms with E-state index in [-0.39, 0.29) is 32.8 Å². The summed E-state index contributed by atoms with van der Waals surface area (Å²) in [7, 11) is 0. The predicted octanol–water partition coefficient (Wildman–Crippen LogP) is 2.45. The highest BCUT2D eigenvalue weighted by Crippen LogP contribution is 2.15. The average molecular weight is 411 g/mol. The van der Waals surface area contributed by atoms with Gasteiger partial charge in [-0.1, -0.05) is 26.7 Å². The molecule has 0 rings (SSSR count). The van der Waals surface area contributed by atoms with Gasteiger partial charge in [0.05, 0.1) is 6.61 Å². The van der Waals surface area contributed by atoms with Crippen LogP contribution < -0.4 is 0 Å². The molecule has 0 aromatic carbocycles. The number of unbranched alkanes of at least 4 members (excludes halogenated alkanes) is 2. The third-order valence-electron chi connectivity index (χ3n) is 3.88. The molecule has 0 aliphatic rings. The Morgan fingerprint density at radius 3 is 1.79 bits per heavy atom. The lowest BCUT2D eigenvalue weighted by atomic mass is 10.2. The largest absolute Gasteiger partial charge is 0.396 e. The van der Waals surface area contributed by atoms with Crippen molar-refractivity contribution in [1.29, 1.82) is 0 Å². The topological polar surface area (TPSA) is 95.8 Å². The van der Waals surface area contributed by atoms with Crippen molar-refractivity contribution in [1.82, 2.24) is 0 Å². The summed E-state index contributed by atoms with van der Waals surface area (Å²) in [5.74, 6) is -1.64. The first-order valence-electron chi connectivity index (χ1n) is 10.6. The third kappa shape index (κ3) is 14.6. The molecule has 0 spiro atoms. The van der Waals surface area contributed by atoms with Crippen molar-refractivity contribution in [2.75, 3.05) is 52.9 Å². The normalized spacial score (nSPS) is 16.1. The van der Waals surface area contributed by atoms with E-state index in [9.17, 15) is 10.2 Å². The fourth-order valence-electron chi connectivity index (χ4n) is 2.28. The van der Waals surface area contributed by atoms with Gasteiger partial charge in [-0.15, -0.1) is 0 Å². The van der Waals surface area contributed by atoms with E-state index < -0.39 is 18.4 Å². The molecule has 28 heavy (non-hydrogen) atoms. The van der Waals surface area contributed by atoms with Gasteiger partial charge >= 0.3 is 0 Å². The number of rotatable bonds is 21. The lowest BCUT2D eigenvalue weighted by Crippen LogP contribution is -2.42. The van der Waals surface area contributed by atoms with Crippen LogP contribution in [0.25, 0.3) is 0 Å². The van der Waals surface area contributed by atoms with Crippen molar-refractivity contribution in [2.45, 2.75) is 78.2 Å². The van der Waals surface area contributed by atoms with Crippen LogP contribution in [0, 0.1) is 0 Å². The Morgan fingerprint density at radius 1 is 0.786 bits per heavy atom. The Morgan fingerprint density at radius 2 is 1.32 bits per heavy atom. The summed E-state index contributed by atoms with van der Waals surface area (Å²) in [6.07, 6.45) is 2.85. The SMILES string of the molecule is CCCCOC(COCC(O)(CCO)OCC(OCC)OCCCC)OCC. The van der Waals surface area contributed by atoms with Crippen molar-refractivity contribution in [3.8, 4) is 0 Å². The lowest BCUT2D eigenvalue weighted by Gasteiger charge is -2.30. The molecule has 0 aliphatic carbocycles. The van der Waals surface area contributed by atoms with Gasteiger partial charge in [-0.3, -0.25) is 0 Å². The molecule has 0 fully saturated rings. The van der Waals surface area contributed by atoms with E-state index in [2.05, 4.69) is 13.8 Å². The molecule has 0 aromatic rings. The zero-order valence-corrected chi connectivity index (χ0v) is 18.2. The molecule has 0 bridgehead atoms. The Labute approximate surface area is 170 Å². The van der Waals surface area contributed by atoms with Crippen LogP contribution in [0.15, 0.2) is 0 Å². The van der Waals surface area contributed by atoms with Gasteiger partial charge in [0.2, 0.25) is 0 Å². The highest BCUT2D eigenvalue weighted by Gasteiger charge is 2.30. The second kappa shape index (κ2) is 18.7. The van der Waals surface area contributed by atoms with Crippen LogP contribution in [0.2, 0.25) is 0 Å². The van der Waals surface area contributed by atoms with Crippen molar-refractivity contribution in [3.63, 3.8) is 0 Å². The molecular formula is C20H42O8. The summed E-state index contributed by atoms with van der Waals surface area (Å²) >= 11 is 0. The van der Waals surface area contributed by atoms with Crippen LogP contribution in [0.5, 0.6) is 0 Å². The van der Waals surface area contributed by atoms with E-state index in [1.165, 1.54) is 0 Å². The Kier molecular flexibility index (Phi) is 18.5. The van der Waals surface area contributed by atoms with Crippen LogP contribution in [-0.2, 0) is 28.4 Å². The second-order valence-corrected chi connectivity index (χ2v) is 6.46. The molecule has 3 atom stereocenters. The first-order valence-corrected chi connectivity index (χ1v) is 10.6. The number of aliphatic hydroxyl groups excluding tert-OH is 1. The maximum absolute atomic E-state index is 10.7. The van der Waals surface area contributed by atoms with E-state index in [4.69, 9.17) is 28.4 Å². The molecule has 2 N–H and O–H groups in total. The van der Waals surface area contributed by atoms with Crippen LogP contribution >= 0.6 is 0 Å². The van der Waals surface area contributed by atoms with Gasteiger partial charge in [-0.2, -0.15) is 0 Å². The van der Waals surface area contributed by atoms with Crippen molar-refractivity contribution < 1.29 is 38.6 Å². The molecule has 0 saturated carbocycles. The third-order valence-corrected chi connectivity index (χ3v) is 3.88. The van der Waals surface area contributed by atoms with Gasteiger partial charge in [0.25, 0.3) is 0 Å². The van der Waals surface area contributed by atoms with Crippen LogP contribution in [0.1, 0.15) is 59.8 Å². The molecule has 0 aromatic heterocycles. The molecule has 0 heterocycles. The molecule has 3 unspecified atom stereocenters. The molecule has 8 heteroatoms. The van der Waals surface area contributed by atoms with Crippen LogP contribution in [-0.4, -0.2) is 81.4 Å². The molecule has 8 nitrogen and oxygen atoms in total. The minimum atomic E-state index is -1.64. The zero-order chi connectivity index (χ0) is 21.1. The Hall–Kier alpha value is -0.320. The zero-order valence-electron chi connectivity index (χ0n) is 18.2. The van der Waals surface area contributed by atoms with Gasteiger partial charge in [0.15, 0.2) is 18.4 Å². The monoisotopic (exact) mass is 410 g/mol. The molecular weight excluding hydrogens is 368 g/mol. The fourth-order valence-corrected chi connectivity index (χ4v) is 2.28. The standard InChI is InChI=1S/C20H42O8/c1-5-9-13-26-18(24-7-3)15-23-17-20(22,11-12-21)28-16-19(25-8-4)27-14-10-6-2/h18-19,21-22H,5-17H2,1-4H3. The summed E-state index contributed by atoms with van der Waals surface area (Å²) in [5.41, 5.74) is 0. The van der Waals surface area contributed by atoms with Crippen LogP contribution in [0.3, 0.4) is 0 Å². The smallest absolute Gasteiger partial charge is 0.191 e. The maximum atomic E-state index is 10.7. The van der Waals surface area contributed by atoms with Gasteiger partial charge in [-0.25, -0.2) is 0 Å². The lowest BCUT2D eigenvalue weighted by molar-refractivity contribution is -0.280. The molecule has 0 radical (unpaired) electrons. The van der Waals surface area contributed by atoms with E-state index in [0.717, 1.165) is 25.7 Å². The minimum absolute atomic E-state index is 0.0107. The summed E-state index contributed by atoms with van der Waals surface area (Å²) in [4.78, 5) is 0. The molecule has 0 saturated heterocycles. The second-order valence-electron chi connectivity index (χ2n) is 6.46. The summed E-state index contributed by atoms with van der Waals surface area (Å²) in [5, 5.41) is 19.9. The highest BCUT2D eigenvalue weighted by atomic mass is 16.7. The number of aliphatic hydroxyl groups is 2.